The minimum atomic E-state index is -0.216. The Kier molecular flexibility index (Phi) is 3.39. The zero-order valence-electron chi connectivity index (χ0n) is 11.0. The lowest BCUT2D eigenvalue weighted by atomic mass is 10.00. The number of carbonyl (C=O) groups excluding carboxylic acids is 1. The minimum Gasteiger partial charge on any atom is -0.393 e. The Morgan fingerprint density at radius 1 is 1.32 bits per heavy atom. The molecule has 0 radical (unpaired) electrons. The van der Waals surface area contributed by atoms with E-state index in [1.54, 1.807) is 0 Å². The number of amides is 1. The number of likely N-dealkylation sites (tertiary alicyclic amines) is 1. The van der Waals surface area contributed by atoms with Gasteiger partial charge in [0.05, 0.1) is 6.10 Å². The molecule has 102 valence electrons. The number of aliphatic hydroxyl groups excluding tert-OH is 1. The smallest absolute Gasteiger partial charge is 0.253 e. The predicted molar refractivity (Wildman–Crippen MR) is 77.0 cm³/mol. The molecule has 3 atom stereocenters. The van der Waals surface area contributed by atoms with Crippen LogP contribution in [0.15, 0.2) is 22.7 Å². The summed E-state index contributed by atoms with van der Waals surface area (Å²) in [4.78, 5) is 14.4. The van der Waals surface area contributed by atoms with Crippen LogP contribution in [0.3, 0.4) is 0 Å². The molecule has 1 heterocycles. The molecule has 1 aromatic carbocycles. The summed E-state index contributed by atoms with van der Waals surface area (Å²) >= 11 is 3.44. The summed E-state index contributed by atoms with van der Waals surface area (Å²) in [6.07, 6.45) is 1.73. The van der Waals surface area contributed by atoms with Crippen LogP contribution in [-0.4, -0.2) is 35.1 Å². The summed E-state index contributed by atoms with van der Waals surface area (Å²) < 4.78 is 0.940. The minimum absolute atomic E-state index is 0.0889. The molecule has 0 bridgehead atoms. The molecule has 4 heteroatoms. The van der Waals surface area contributed by atoms with Crippen LogP contribution >= 0.6 is 15.9 Å². The standard InChI is InChI=1S/C15H18BrNO2/c1-9-4-11(6-12(16)5-9)15(19)17-7-10-2-3-14(18)13(10)8-17/h4-6,10,13-14,18H,2-3,7-8H2,1H3. The van der Waals surface area contributed by atoms with Crippen molar-refractivity contribution in [2.75, 3.05) is 13.1 Å². The molecule has 2 fully saturated rings. The molecule has 1 saturated carbocycles. The van der Waals surface area contributed by atoms with Crippen molar-refractivity contribution in [1.29, 1.82) is 0 Å². The lowest BCUT2D eigenvalue weighted by Crippen LogP contribution is -2.31. The summed E-state index contributed by atoms with van der Waals surface area (Å²) in [7, 11) is 0. The van der Waals surface area contributed by atoms with Gasteiger partial charge in [-0.3, -0.25) is 4.79 Å². The van der Waals surface area contributed by atoms with Crippen LogP contribution in [0, 0.1) is 18.8 Å². The average molecular weight is 324 g/mol. The van der Waals surface area contributed by atoms with E-state index in [0.29, 0.717) is 12.5 Å². The van der Waals surface area contributed by atoms with E-state index in [1.165, 1.54) is 0 Å². The van der Waals surface area contributed by atoms with Crippen LogP contribution in [-0.2, 0) is 0 Å². The topological polar surface area (TPSA) is 40.5 Å². The molecular formula is C15H18BrNO2. The van der Waals surface area contributed by atoms with Crippen molar-refractivity contribution in [3.05, 3.63) is 33.8 Å². The monoisotopic (exact) mass is 323 g/mol. The first kappa shape index (κ1) is 13.1. The summed E-state index contributed by atoms with van der Waals surface area (Å²) in [5.41, 5.74) is 1.82. The van der Waals surface area contributed by atoms with Gasteiger partial charge in [0.15, 0.2) is 0 Å². The fraction of sp³-hybridized carbons (Fsp3) is 0.533. The number of nitrogens with zero attached hydrogens (tertiary/aromatic N) is 1. The van der Waals surface area contributed by atoms with E-state index in [1.807, 2.05) is 30.0 Å². The SMILES string of the molecule is Cc1cc(Br)cc(C(=O)N2CC3CCC(O)C3C2)c1. The zero-order chi connectivity index (χ0) is 13.6. The Bertz CT molecular complexity index is 497. The van der Waals surface area contributed by atoms with Crippen molar-refractivity contribution in [2.24, 2.45) is 11.8 Å². The van der Waals surface area contributed by atoms with Gasteiger partial charge in [0, 0.05) is 29.0 Å². The summed E-state index contributed by atoms with van der Waals surface area (Å²) in [5, 5.41) is 9.91. The highest BCUT2D eigenvalue weighted by molar-refractivity contribution is 9.10. The maximum absolute atomic E-state index is 12.5. The third-order valence-corrected chi connectivity index (χ3v) is 4.85. The van der Waals surface area contributed by atoms with Crippen molar-refractivity contribution in [2.45, 2.75) is 25.9 Å². The number of aliphatic hydroxyl groups is 1. The lowest BCUT2D eigenvalue weighted by molar-refractivity contribution is 0.0752. The number of hydrogen-bond acceptors (Lipinski definition) is 2. The van der Waals surface area contributed by atoms with Gasteiger partial charge < -0.3 is 10.0 Å². The number of carbonyl (C=O) groups is 1. The first-order valence-electron chi connectivity index (χ1n) is 6.79. The van der Waals surface area contributed by atoms with Gasteiger partial charge in [-0.1, -0.05) is 15.9 Å². The van der Waals surface area contributed by atoms with Gasteiger partial charge in [0.1, 0.15) is 0 Å². The molecule has 19 heavy (non-hydrogen) atoms. The Labute approximate surface area is 121 Å². The maximum atomic E-state index is 12.5. The second-order valence-corrected chi connectivity index (χ2v) is 6.71. The van der Waals surface area contributed by atoms with Crippen molar-refractivity contribution in [3.8, 4) is 0 Å². The molecule has 1 aliphatic carbocycles. The van der Waals surface area contributed by atoms with Crippen molar-refractivity contribution in [3.63, 3.8) is 0 Å². The van der Waals surface area contributed by atoms with Crippen molar-refractivity contribution in [1.82, 2.24) is 4.90 Å². The lowest BCUT2D eigenvalue weighted by Gasteiger charge is -2.19. The third-order valence-electron chi connectivity index (χ3n) is 4.40. The molecule has 3 rings (SSSR count). The molecule has 0 spiro atoms. The molecule has 1 aliphatic heterocycles. The summed E-state index contributed by atoms with van der Waals surface area (Å²) in [6, 6.07) is 5.80. The van der Waals surface area contributed by atoms with Gasteiger partial charge in [-0.2, -0.15) is 0 Å². The number of benzene rings is 1. The van der Waals surface area contributed by atoms with Gasteiger partial charge in [-0.05, 0) is 49.4 Å². The van der Waals surface area contributed by atoms with Crippen molar-refractivity contribution < 1.29 is 9.90 Å². The molecule has 1 amide bonds. The molecular weight excluding hydrogens is 306 g/mol. The number of hydrogen-bond donors (Lipinski definition) is 1. The van der Waals surface area contributed by atoms with Crippen LogP contribution in [0.25, 0.3) is 0 Å². The molecule has 3 nitrogen and oxygen atoms in total. The number of aryl methyl sites for hydroxylation is 1. The second-order valence-electron chi connectivity index (χ2n) is 5.80. The van der Waals surface area contributed by atoms with Crippen LogP contribution in [0.4, 0.5) is 0 Å². The number of halogens is 1. The zero-order valence-corrected chi connectivity index (χ0v) is 12.6. The van der Waals surface area contributed by atoms with E-state index in [-0.39, 0.29) is 17.9 Å². The van der Waals surface area contributed by atoms with E-state index in [4.69, 9.17) is 0 Å². The third kappa shape index (κ3) is 2.43. The molecule has 1 aromatic rings. The fourth-order valence-corrected chi connectivity index (χ4v) is 4.05. The highest BCUT2D eigenvalue weighted by Gasteiger charge is 2.43. The Hall–Kier alpha value is -0.870. The van der Waals surface area contributed by atoms with Gasteiger partial charge in [-0.25, -0.2) is 0 Å². The van der Waals surface area contributed by atoms with E-state index < -0.39 is 0 Å². The van der Waals surface area contributed by atoms with Crippen molar-refractivity contribution >= 4 is 21.8 Å². The first-order valence-corrected chi connectivity index (χ1v) is 7.58. The maximum Gasteiger partial charge on any atom is 0.253 e. The Morgan fingerprint density at radius 2 is 2.11 bits per heavy atom. The van der Waals surface area contributed by atoms with E-state index in [2.05, 4.69) is 15.9 Å². The van der Waals surface area contributed by atoms with Gasteiger partial charge in [0.2, 0.25) is 0 Å². The van der Waals surface area contributed by atoms with Gasteiger partial charge in [0.25, 0.3) is 5.91 Å². The highest BCUT2D eigenvalue weighted by atomic mass is 79.9. The molecule has 2 aliphatic rings. The fourth-order valence-electron chi connectivity index (χ4n) is 3.44. The van der Waals surface area contributed by atoms with E-state index in [9.17, 15) is 9.90 Å². The normalized spacial score (nSPS) is 29.6. The molecule has 0 aromatic heterocycles. The first-order chi connectivity index (χ1) is 9.04. The number of rotatable bonds is 1. The van der Waals surface area contributed by atoms with Crippen LogP contribution < -0.4 is 0 Å². The summed E-state index contributed by atoms with van der Waals surface area (Å²) in [6.45, 7) is 3.49. The quantitative estimate of drug-likeness (QED) is 0.863. The highest BCUT2D eigenvalue weighted by Crippen LogP contribution is 2.38. The molecule has 1 N–H and O–H groups in total. The van der Waals surface area contributed by atoms with E-state index >= 15 is 0 Å². The Morgan fingerprint density at radius 3 is 2.79 bits per heavy atom. The van der Waals surface area contributed by atoms with Gasteiger partial charge in [-0.15, -0.1) is 0 Å². The molecule has 1 saturated heterocycles. The molecule has 3 unspecified atom stereocenters. The average Bonchev–Trinajstić information content (AvgIpc) is 2.90. The van der Waals surface area contributed by atoms with Crippen LogP contribution in [0.5, 0.6) is 0 Å². The Balaban J connectivity index is 1.78. The summed E-state index contributed by atoms with van der Waals surface area (Å²) in [5.74, 6) is 0.871. The predicted octanol–water partition coefficient (Wildman–Crippen LogP) is 2.60. The van der Waals surface area contributed by atoms with E-state index in [0.717, 1.165) is 35.0 Å². The largest absolute Gasteiger partial charge is 0.393 e. The van der Waals surface area contributed by atoms with Gasteiger partial charge >= 0.3 is 0 Å². The second kappa shape index (κ2) is 4.91. The van der Waals surface area contributed by atoms with Crippen LogP contribution in [0.1, 0.15) is 28.8 Å². The van der Waals surface area contributed by atoms with Crippen LogP contribution in [0.2, 0.25) is 0 Å². The number of fused-ring (bicyclic) bond motifs is 1.